The highest BCUT2D eigenvalue weighted by atomic mass is 19.4. The van der Waals surface area contributed by atoms with Crippen LogP contribution in [0.5, 0.6) is 0 Å². The van der Waals surface area contributed by atoms with Crippen LogP contribution in [0.1, 0.15) is 35.1 Å². The van der Waals surface area contributed by atoms with Gasteiger partial charge in [-0.3, -0.25) is 0 Å². The van der Waals surface area contributed by atoms with Crippen LogP contribution in [0.4, 0.5) is 13.2 Å². The Kier molecular flexibility index (Phi) is 5.10. The number of benzene rings is 2. The van der Waals surface area contributed by atoms with Gasteiger partial charge in [-0.2, -0.15) is 13.2 Å². The lowest BCUT2D eigenvalue weighted by Gasteiger charge is -2.10. The third kappa shape index (κ3) is 3.49. The van der Waals surface area contributed by atoms with Gasteiger partial charge < -0.3 is 10.7 Å². The number of aromatic nitrogens is 1. The van der Waals surface area contributed by atoms with Gasteiger partial charge in [-0.25, -0.2) is 0 Å². The topological polar surface area (TPSA) is 41.8 Å². The van der Waals surface area contributed by atoms with Crippen molar-refractivity contribution < 1.29 is 13.2 Å². The molecule has 0 radical (unpaired) electrons. The van der Waals surface area contributed by atoms with Gasteiger partial charge in [0.2, 0.25) is 0 Å². The SMILES string of the molecule is Cc1ccc(C)c2c(CCCCN)c(-c3cccc(C(F)(F)F)c3)[nH]c12. The van der Waals surface area contributed by atoms with Crippen LogP contribution in [0.25, 0.3) is 22.2 Å². The molecule has 0 aliphatic rings. The van der Waals surface area contributed by atoms with Crippen LogP contribution in [0.2, 0.25) is 0 Å². The van der Waals surface area contributed by atoms with Crippen LogP contribution in [-0.4, -0.2) is 11.5 Å². The van der Waals surface area contributed by atoms with Crippen molar-refractivity contribution in [1.29, 1.82) is 0 Å². The van der Waals surface area contributed by atoms with Crippen molar-refractivity contribution in [3.05, 3.63) is 58.7 Å². The number of halogens is 3. The van der Waals surface area contributed by atoms with E-state index in [1.807, 2.05) is 19.9 Å². The first-order valence-corrected chi connectivity index (χ1v) is 8.81. The minimum Gasteiger partial charge on any atom is -0.354 e. The van der Waals surface area contributed by atoms with Crippen molar-refractivity contribution in [2.45, 2.75) is 39.3 Å². The third-order valence-electron chi connectivity index (χ3n) is 4.84. The number of nitrogens with one attached hydrogen (secondary N) is 1. The van der Waals surface area contributed by atoms with Crippen molar-refractivity contribution in [3.63, 3.8) is 0 Å². The first-order valence-electron chi connectivity index (χ1n) is 8.81. The van der Waals surface area contributed by atoms with Crippen LogP contribution < -0.4 is 5.73 Å². The summed E-state index contributed by atoms with van der Waals surface area (Å²) in [5.74, 6) is 0. The third-order valence-corrected chi connectivity index (χ3v) is 4.84. The van der Waals surface area contributed by atoms with Crippen LogP contribution in [0.3, 0.4) is 0 Å². The van der Waals surface area contributed by atoms with Gasteiger partial charge in [-0.1, -0.05) is 24.3 Å². The normalized spacial score (nSPS) is 12.1. The predicted octanol–water partition coefficient (Wildman–Crippen LogP) is 5.75. The molecule has 3 aromatic rings. The molecule has 26 heavy (non-hydrogen) atoms. The molecule has 0 aliphatic heterocycles. The molecule has 1 aromatic heterocycles. The number of rotatable bonds is 5. The number of H-pyrrole nitrogens is 1. The zero-order valence-corrected chi connectivity index (χ0v) is 15.0. The zero-order chi connectivity index (χ0) is 18.9. The summed E-state index contributed by atoms with van der Waals surface area (Å²) in [6, 6.07) is 9.63. The first kappa shape index (κ1) is 18.5. The average molecular weight is 360 g/mol. The van der Waals surface area contributed by atoms with Crippen LogP contribution in [0, 0.1) is 13.8 Å². The fourth-order valence-electron chi connectivity index (χ4n) is 3.48. The summed E-state index contributed by atoms with van der Waals surface area (Å²) >= 11 is 0. The number of nitrogens with two attached hydrogens (primary N) is 1. The minimum absolute atomic E-state index is 0.567. The van der Waals surface area contributed by atoms with Crippen molar-refractivity contribution in [1.82, 2.24) is 4.98 Å². The van der Waals surface area contributed by atoms with E-state index in [9.17, 15) is 13.2 Å². The first-order chi connectivity index (χ1) is 12.3. The van der Waals surface area contributed by atoms with Crippen molar-refractivity contribution in [3.8, 4) is 11.3 Å². The van der Waals surface area contributed by atoms with Gasteiger partial charge in [-0.15, -0.1) is 0 Å². The van der Waals surface area contributed by atoms with E-state index >= 15 is 0 Å². The quantitative estimate of drug-likeness (QED) is 0.559. The molecular formula is C21H23F3N2. The van der Waals surface area contributed by atoms with Gasteiger partial charge in [0.15, 0.2) is 0 Å². The Labute approximate surface area is 151 Å². The Balaban J connectivity index is 2.20. The zero-order valence-electron chi connectivity index (χ0n) is 15.0. The number of fused-ring (bicyclic) bond motifs is 1. The summed E-state index contributed by atoms with van der Waals surface area (Å²) in [7, 11) is 0. The summed E-state index contributed by atoms with van der Waals surface area (Å²) in [6.07, 6.45) is -1.77. The smallest absolute Gasteiger partial charge is 0.354 e. The molecule has 0 saturated carbocycles. The number of aryl methyl sites for hydroxylation is 3. The molecule has 0 amide bonds. The molecule has 2 aromatic carbocycles. The number of aromatic amines is 1. The van der Waals surface area contributed by atoms with Crippen LogP contribution in [0.15, 0.2) is 36.4 Å². The highest BCUT2D eigenvalue weighted by molar-refractivity contribution is 5.95. The second kappa shape index (κ2) is 7.16. The van der Waals surface area contributed by atoms with Crippen molar-refractivity contribution >= 4 is 10.9 Å². The Morgan fingerprint density at radius 2 is 1.73 bits per heavy atom. The maximum Gasteiger partial charge on any atom is 0.416 e. The molecule has 0 atom stereocenters. The summed E-state index contributed by atoms with van der Waals surface area (Å²) in [5, 5.41) is 1.12. The molecule has 0 fully saturated rings. The van der Waals surface area contributed by atoms with E-state index in [1.165, 1.54) is 12.1 Å². The van der Waals surface area contributed by atoms with E-state index in [4.69, 9.17) is 5.73 Å². The second-order valence-electron chi connectivity index (χ2n) is 6.75. The van der Waals surface area contributed by atoms with Gasteiger partial charge in [0.1, 0.15) is 0 Å². The molecule has 3 N–H and O–H groups in total. The van der Waals surface area contributed by atoms with Gasteiger partial charge >= 0.3 is 6.18 Å². The monoisotopic (exact) mass is 360 g/mol. The molecule has 3 rings (SSSR count). The van der Waals surface area contributed by atoms with E-state index < -0.39 is 11.7 Å². The summed E-state index contributed by atoms with van der Waals surface area (Å²) < 4.78 is 39.4. The van der Waals surface area contributed by atoms with E-state index in [1.54, 1.807) is 6.07 Å². The fourth-order valence-corrected chi connectivity index (χ4v) is 3.48. The van der Waals surface area contributed by atoms with Gasteiger partial charge in [0, 0.05) is 16.6 Å². The van der Waals surface area contributed by atoms with E-state index in [0.29, 0.717) is 12.1 Å². The summed E-state index contributed by atoms with van der Waals surface area (Å²) in [4.78, 5) is 3.40. The molecule has 0 aliphatic carbocycles. The fraction of sp³-hybridized carbons (Fsp3) is 0.333. The predicted molar refractivity (Wildman–Crippen MR) is 100 cm³/mol. The molecule has 1 heterocycles. The van der Waals surface area contributed by atoms with E-state index in [2.05, 4.69) is 11.1 Å². The molecule has 138 valence electrons. The van der Waals surface area contributed by atoms with Gasteiger partial charge in [0.05, 0.1) is 5.56 Å². The lowest BCUT2D eigenvalue weighted by atomic mass is 9.96. The number of unbranched alkanes of at least 4 members (excludes halogenated alkanes) is 1. The lowest BCUT2D eigenvalue weighted by molar-refractivity contribution is -0.137. The molecule has 2 nitrogen and oxygen atoms in total. The van der Waals surface area contributed by atoms with Crippen LogP contribution >= 0.6 is 0 Å². The Bertz CT molecular complexity index is 923. The summed E-state index contributed by atoms with van der Waals surface area (Å²) in [5.41, 5.74) is 10.6. The van der Waals surface area contributed by atoms with Gasteiger partial charge in [-0.05, 0) is 74.0 Å². The molecule has 5 heteroatoms. The van der Waals surface area contributed by atoms with Crippen molar-refractivity contribution in [2.75, 3.05) is 6.54 Å². The molecule has 0 bridgehead atoms. The lowest BCUT2D eigenvalue weighted by Crippen LogP contribution is -2.04. The summed E-state index contributed by atoms with van der Waals surface area (Å²) in [6.45, 7) is 4.66. The average Bonchev–Trinajstić information content (AvgIpc) is 2.99. The maximum atomic E-state index is 13.1. The molecule has 0 saturated heterocycles. The van der Waals surface area contributed by atoms with Gasteiger partial charge in [0.25, 0.3) is 0 Å². The van der Waals surface area contributed by atoms with Crippen molar-refractivity contribution in [2.24, 2.45) is 5.73 Å². The molecular weight excluding hydrogens is 337 g/mol. The second-order valence-corrected chi connectivity index (χ2v) is 6.75. The highest BCUT2D eigenvalue weighted by Gasteiger charge is 2.30. The Morgan fingerprint density at radius 1 is 1.00 bits per heavy atom. The highest BCUT2D eigenvalue weighted by Crippen LogP contribution is 2.37. The number of alkyl halides is 3. The molecule has 0 unspecified atom stereocenters. The number of hydrogen-bond acceptors (Lipinski definition) is 1. The Hall–Kier alpha value is -2.27. The molecule has 0 spiro atoms. The van der Waals surface area contributed by atoms with Crippen LogP contribution in [-0.2, 0) is 12.6 Å². The Morgan fingerprint density at radius 3 is 2.42 bits per heavy atom. The number of hydrogen-bond donors (Lipinski definition) is 2. The standard InChI is InChI=1S/C21H23F3N2/c1-13-9-10-14(2)19-18(13)17(8-3-4-11-25)20(26-19)15-6-5-7-16(12-15)21(22,23)24/h5-7,9-10,12,26H,3-4,8,11,25H2,1-2H3. The van der Waals surface area contributed by atoms with E-state index in [0.717, 1.165) is 58.6 Å². The maximum absolute atomic E-state index is 13.1. The minimum atomic E-state index is -4.35. The van der Waals surface area contributed by atoms with E-state index in [-0.39, 0.29) is 0 Å². The largest absolute Gasteiger partial charge is 0.416 e.